The number of anilines is 2. The Bertz CT molecular complexity index is 1270. The van der Waals surface area contributed by atoms with Gasteiger partial charge in [0.2, 0.25) is 0 Å². The van der Waals surface area contributed by atoms with Gasteiger partial charge in [-0.25, -0.2) is 18.7 Å². The molecule has 1 aliphatic heterocycles. The molecule has 5 rings (SSSR count). The number of nitrogens with one attached hydrogen (secondary N) is 1. The topological polar surface area (TPSA) is 143 Å². The van der Waals surface area contributed by atoms with Crippen LogP contribution < -0.4 is 11.1 Å². The third-order valence-corrected chi connectivity index (χ3v) is 6.61. The van der Waals surface area contributed by atoms with Gasteiger partial charge < -0.3 is 26.0 Å². The number of nitrogens with zero attached hydrogens (tertiary/aromatic N) is 3. The van der Waals surface area contributed by atoms with Gasteiger partial charge in [0.15, 0.2) is 11.5 Å². The van der Waals surface area contributed by atoms with Gasteiger partial charge in [0, 0.05) is 18.2 Å². The third kappa shape index (κ3) is 4.11. The van der Waals surface area contributed by atoms with Crippen LogP contribution in [0, 0.1) is 11.6 Å². The lowest BCUT2D eigenvalue weighted by molar-refractivity contribution is -0.215. The molecule has 1 aromatic carbocycles. The average Bonchev–Trinajstić information content (AvgIpc) is 3.22. The summed E-state index contributed by atoms with van der Waals surface area (Å²) in [4.78, 5) is 25.0. The summed E-state index contributed by atoms with van der Waals surface area (Å²) in [5.74, 6) is -2.83. The summed E-state index contributed by atoms with van der Waals surface area (Å²) in [6, 6.07) is 4.98. The number of pyridine rings is 1. The summed E-state index contributed by atoms with van der Waals surface area (Å²) >= 11 is 0. The first-order valence-corrected chi connectivity index (χ1v) is 11.2. The van der Waals surface area contributed by atoms with Gasteiger partial charge in [0.1, 0.15) is 17.2 Å². The lowest BCUT2D eigenvalue weighted by Gasteiger charge is -2.43. The molecule has 2 aromatic heterocycles. The summed E-state index contributed by atoms with van der Waals surface area (Å²) in [7, 11) is 0. The van der Waals surface area contributed by atoms with Crippen LogP contribution in [0.1, 0.15) is 47.8 Å². The monoisotopic (exact) mass is 483 g/mol. The number of aliphatic hydroxyl groups excluding tert-OH is 1. The minimum atomic E-state index is -1.28. The number of rotatable bonds is 4. The number of amides is 1. The van der Waals surface area contributed by atoms with E-state index < -0.39 is 47.0 Å². The molecule has 1 saturated carbocycles. The molecule has 3 heterocycles. The number of carbonyl (C=O) groups excluding carboxylic acids is 1. The van der Waals surface area contributed by atoms with Crippen molar-refractivity contribution in [1.82, 2.24) is 15.0 Å². The minimum Gasteiger partial charge on any atom is -0.396 e. The van der Waals surface area contributed by atoms with E-state index in [4.69, 9.17) is 10.5 Å². The Hall–Kier alpha value is -3.54. The molecule has 9 nitrogen and oxygen atoms in total. The van der Waals surface area contributed by atoms with Crippen LogP contribution in [0.4, 0.5) is 20.2 Å². The van der Waals surface area contributed by atoms with Gasteiger partial charge in [-0.3, -0.25) is 9.78 Å². The highest BCUT2D eigenvalue weighted by molar-refractivity contribution is 6.06. The summed E-state index contributed by atoms with van der Waals surface area (Å²) in [5.41, 5.74) is 4.62. The number of halogens is 2. The van der Waals surface area contributed by atoms with Crippen molar-refractivity contribution in [2.45, 2.75) is 49.6 Å². The van der Waals surface area contributed by atoms with E-state index >= 15 is 0 Å². The van der Waals surface area contributed by atoms with Gasteiger partial charge in [-0.15, -0.1) is 0 Å². The van der Waals surface area contributed by atoms with Crippen LogP contribution in [-0.2, 0) is 4.74 Å². The first-order valence-electron chi connectivity index (χ1n) is 11.2. The molecule has 0 unspecified atom stereocenters. The van der Waals surface area contributed by atoms with Crippen LogP contribution in [0.5, 0.6) is 0 Å². The second-order valence-electron chi connectivity index (χ2n) is 8.76. The predicted octanol–water partition coefficient (Wildman–Crippen LogP) is 2.76. The fourth-order valence-electron chi connectivity index (χ4n) is 4.79. The fourth-order valence-corrected chi connectivity index (χ4v) is 4.79. The zero-order valence-electron chi connectivity index (χ0n) is 18.5. The number of aromatic nitrogens is 3. The maximum Gasteiger partial charge on any atom is 0.276 e. The Kier molecular flexibility index (Phi) is 5.91. The van der Waals surface area contributed by atoms with Crippen molar-refractivity contribution < 1.29 is 28.5 Å². The van der Waals surface area contributed by atoms with E-state index in [2.05, 4.69) is 20.3 Å². The van der Waals surface area contributed by atoms with Crippen molar-refractivity contribution in [3.63, 3.8) is 0 Å². The van der Waals surface area contributed by atoms with Crippen molar-refractivity contribution in [3.8, 4) is 11.4 Å². The molecule has 182 valence electrons. The molecule has 1 aliphatic carbocycles. The number of benzene rings is 1. The quantitative estimate of drug-likeness (QED) is 0.444. The largest absolute Gasteiger partial charge is 0.396 e. The standard InChI is InChI=1S/C24H23F2N5O4/c25-13-3-1-4-14(26)20(13)22-29-10-15(27)21(31-22)23(33)30-16-11-28-8-6-12(16)17-9-18(32)24(34)7-2-5-19(24)35-17/h1,3-4,6,8,10-11,17-19,32,34H,2,5,7,9,27H2,(H,30,33)/t17-,18-,19-,24+/m1/s1. The molecule has 3 aromatic rings. The van der Waals surface area contributed by atoms with Crippen LogP contribution >= 0.6 is 0 Å². The van der Waals surface area contributed by atoms with Crippen LogP contribution in [0.3, 0.4) is 0 Å². The van der Waals surface area contributed by atoms with Gasteiger partial charge in [-0.05, 0) is 37.5 Å². The molecule has 2 fully saturated rings. The number of aliphatic hydroxyl groups is 2. The minimum absolute atomic E-state index is 0.0891. The number of nitrogens with two attached hydrogens (primary N) is 1. The lowest BCUT2D eigenvalue weighted by atomic mass is 9.84. The fraction of sp³-hybridized carbons (Fsp3) is 0.333. The molecule has 0 bridgehead atoms. The molecule has 35 heavy (non-hydrogen) atoms. The third-order valence-electron chi connectivity index (χ3n) is 6.61. The maximum absolute atomic E-state index is 14.2. The Labute approximate surface area is 199 Å². The second kappa shape index (κ2) is 8.91. The van der Waals surface area contributed by atoms with E-state index in [1.807, 2.05) is 0 Å². The molecule has 1 amide bonds. The number of carbonyl (C=O) groups is 1. The van der Waals surface area contributed by atoms with Gasteiger partial charge in [0.25, 0.3) is 5.91 Å². The zero-order valence-corrected chi connectivity index (χ0v) is 18.5. The van der Waals surface area contributed by atoms with E-state index in [1.54, 1.807) is 6.07 Å². The molecule has 0 radical (unpaired) electrons. The highest BCUT2D eigenvalue weighted by Gasteiger charge is 2.52. The van der Waals surface area contributed by atoms with Crippen molar-refractivity contribution in [2.24, 2.45) is 0 Å². The van der Waals surface area contributed by atoms with Crippen LogP contribution in [0.15, 0.2) is 42.9 Å². The number of ether oxygens (including phenoxy) is 1. The van der Waals surface area contributed by atoms with E-state index in [0.717, 1.165) is 24.8 Å². The highest BCUT2D eigenvalue weighted by atomic mass is 19.1. The van der Waals surface area contributed by atoms with E-state index in [-0.39, 0.29) is 29.3 Å². The smallest absolute Gasteiger partial charge is 0.276 e. The molecule has 1 saturated heterocycles. The van der Waals surface area contributed by atoms with Crippen LogP contribution in [0.2, 0.25) is 0 Å². The summed E-state index contributed by atoms with van der Waals surface area (Å²) in [6.45, 7) is 0. The lowest BCUT2D eigenvalue weighted by Crippen LogP contribution is -2.54. The van der Waals surface area contributed by atoms with E-state index in [0.29, 0.717) is 18.4 Å². The average molecular weight is 483 g/mol. The SMILES string of the molecule is Nc1cnc(-c2c(F)cccc2F)nc1C(=O)Nc1cnccc1[C@H]1C[C@@H](O)[C@@]2(O)CCC[C@H]2O1. The van der Waals surface area contributed by atoms with Crippen molar-refractivity contribution >= 4 is 17.3 Å². The number of nitrogen functional groups attached to an aromatic ring is 1. The molecular formula is C24H23F2N5O4. The van der Waals surface area contributed by atoms with Gasteiger partial charge in [-0.1, -0.05) is 6.07 Å². The summed E-state index contributed by atoms with van der Waals surface area (Å²) < 4.78 is 34.5. The second-order valence-corrected chi connectivity index (χ2v) is 8.76. The number of hydrogen-bond donors (Lipinski definition) is 4. The van der Waals surface area contributed by atoms with Gasteiger partial charge >= 0.3 is 0 Å². The molecule has 4 atom stereocenters. The van der Waals surface area contributed by atoms with Crippen molar-refractivity contribution in [3.05, 3.63) is 65.7 Å². The highest BCUT2D eigenvalue weighted by Crippen LogP contribution is 2.46. The maximum atomic E-state index is 14.2. The Balaban J connectivity index is 1.43. The van der Waals surface area contributed by atoms with Gasteiger partial charge in [0.05, 0.1) is 47.6 Å². The summed E-state index contributed by atoms with van der Waals surface area (Å²) in [6.07, 6.45) is 3.88. The normalized spacial score (nSPS) is 25.8. The van der Waals surface area contributed by atoms with Crippen molar-refractivity contribution in [1.29, 1.82) is 0 Å². The molecule has 0 spiro atoms. The predicted molar refractivity (Wildman–Crippen MR) is 121 cm³/mol. The van der Waals surface area contributed by atoms with Gasteiger partial charge in [-0.2, -0.15) is 0 Å². The Morgan fingerprint density at radius 1 is 1.23 bits per heavy atom. The van der Waals surface area contributed by atoms with Crippen molar-refractivity contribution in [2.75, 3.05) is 11.1 Å². The summed E-state index contributed by atoms with van der Waals surface area (Å²) in [5, 5.41) is 24.0. The first kappa shape index (κ1) is 23.2. The Morgan fingerprint density at radius 3 is 2.77 bits per heavy atom. The molecule has 11 heteroatoms. The molecule has 2 aliphatic rings. The van der Waals surface area contributed by atoms with E-state index in [9.17, 15) is 23.8 Å². The number of fused-ring (bicyclic) bond motifs is 1. The van der Waals surface area contributed by atoms with Crippen LogP contribution in [0.25, 0.3) is 11.4 Å². The zero-order chi connectivity index (χ0) is 24.7. The van der Waals surface area contributed by atoms with E-state index in [1.165, 1.54) is 18.5 Å². The molecule has 5 N–H and O–H groups in total. The Morgan fingerprint density at radius 2 is 2.00 bits per heavy atom. The van der Waals surface area contributed by atoms with Crippen LogP contribution in [-0.4, -0.2) is 48.9 Å². The first-order chi connectivity index (χ1) is 16.8. The molecular weight excluding hydrogens is 460 g/mol. The number of hydrogen-bond acceptors (Lipinski definition) is 8.